The molecule has 0 spiro atoms. The zero-order valence-electron chi connectivity index (χ0n) is 14.9. The Kier molecular flexibility index (Phi) is 5.84. The van der Waals surface area contributed by atoms with Crippen molar-refractivity contribution in [3.63, 3.8) is 0 Å². The molecule has 1 N–H and O–H groups in total. The maximum atomic E-state index is 12.7. The zero-order valence-corrected chi connectivity index (χ0v) is 14.9. The minimum Gasteiger partial charge on any atom is -0.497 e. The van der Waals surface area contributed by atoms with E-state index in [1.807, 2.05) is 4.90 Å². The van der Waals surface area contributed by atoms with Crippen LogP contribution in [0.25, 0.3) is 0 Å². The third-order valence-electron chi connectivity index (χ3n) is 4.48. The van der Waals surface area contributed by atoms with Crippen molar-refractivity contribution in [2.45, 2.75) is 25.7 Å². The van der Waals surface area contributed by atoms with Crippen LogP contribution in [0.4, 0.5) is 5.69 Å². The highest BCUT2D eigenvalue weighted by Crippen LogP contribution is 2.17. The van der Waals surface area contributed by atoms with Gasteiger partial charge in [-0.15, -0.1) is 0 Å². The molecule has 1 fully saturated rings. The molecule has 1 saturated heterocycles. The fourth-order valence-electron chi connectivity index (χ4n) is 3.01. The Labute approximate surface area is 153 Å². The summed E-state index contributed by atoms with van der Waals surface area (Å²) in [6.07, 6.45) is 5.89. The standard InChI is InChI=1S/C20H23N3O3/c1-26-17-8-6-16(7-9-17)22-19(24)18-14-15(10-11-21-18)20(25)23-12-4-2-3-5-13-23/h6-11,14H,2-5,12-13H2,1H3,(H,22,24). The second-order valence-electron chi connectivity index (χ2n) is 6.32. The quantitative estimate of drug-likeness (QED) is 0.915. The molecule has 0 atom stereocenters. The van der Waals surface area contributed by atoms with Gasteiger partial charge in [0.05, 0.1) is 7.11 Å². The normalized spacial score (nSPS) is 14.4. The lowest BCUT2D eigenvalue weighted by molar-refractivity contribution is 0.0761. The molecule has 2 heterocycles. The van der Waals surface area contributed by atoms with Crippen LogP contribution in [-0.2, 0) is 0 Å². The predicted molar refractivity (Wildman–Crippen MR) is 99.6 cm³/mol. The van der Waals surface area contributed by atoms with Crippen molar-refractivity contribution in [1.82, 2.24) is 9.88 Å². The molecule has 26 heavy (non-hydrogen) atoms. The van der Waals surface area contributed by atoms with Crippen LogP contribution in [0.5, 0.6) is 5.75 Å². The molecule has 2 amide bonds. The number of nitrogens with zero attached hydrogens (tertiary/aromatic N) is 2. The van der Waals surface area contributed by atoms with E-state index < -0.39 is 0 Å². The first-order valence-corrected chi connectivity index (χ1v) is 8.88. The molecule has 1 aliphatic rings. The molecule has 3 rings (SSSR count). The molecule has 0 bridgehead atoms. The largest absolute Gasteiger partial charge is 0.497 e. The van der Waals surface area contributed by atoms with Gasteiger partial charge in [0, 0.05) is 30.5 Å². The van der Waals surface area contributed by atoms with Gasteiger partial charge in [-0.25, -0.2) is 0 Å². The summed E-state index contributed by atoms with van der Waals surface area (Å²) in [4.78, 5) is 31.1. The Morgan fingerprint density at radius 2 is 1.73 bits per heavy atom. The Bertz CT molecular complexity index is 766. The Hall–Kier alpha value is -2.89. The molecule has 1 aromatic carbocycles. The summed E-state index contributed by atoms with van der Waals surface area (Å²) in [6.45, 7) is 1.54. The van der Waals surface area contributed by atoms with Crippen molar-refractivity contribution in [2.24, 2.45) is 0 Å². The van der Waals surface area contributed by atoms with E-state index in [0.717, 1.165) is 38.8 Å². The summed E-state index contributed by atoms with van der Waals surface area (Å²) >= 11 is 0. The molecule has 0 radical (unpaired) electrons. The highest BCUT2D eigenvalue weighted by atomic mass is 16.5. The van der Waals surface area contributed by atoms with Crippen molar-refractivity contribution in [2.75, 3.05) is 25.5 Å². The van der Waals surface area contributed by atoms with Crippen LogP contribution in [0.1, 0.15) is 46.5 Å². The number of carbonyl (C=O) groups is 2. The fraction of sp³-hybridized carbons (Fsp3) is 0.350. The van der Waals surface area contributed by atoms with Gasteiger partial charge in [-0.2, -0.15) is 0 Å². The maximum Gasteiger partial charge on any atom is 0.274 e. The van der Waals surface area contributed by atoms with Gasteiger partial charge in [0.25, 0.3) is 11.8 Å². The van der Waals surface area contributed by atoms with Crippen molar-refractivity contribution in [3.05, 3.63) is 53.9 Å². The van der Waals surface area contributed by atoms with E-state index in [1.165, 1.54) is 6.20 Å². The van der Waals surface area contributed by atoms with E-state index in [1.54, 1.807) is 43.5 Å². The number of pyridine rings is 1. The molecular formula is C20H23N3O3. The van der Waals surface area contributed by atoms with Crippen molar-refractivity contribution in [1.29, 1.82) is 0 Å². The molecule has 136 valence electrons. The number of nitrogens with one attached hydrogen (secondary N) is 1. The molecule has 0 aliphatic carbocycles. The number of anilines is 1. The van der Waals surface area contributed by atoms with E-state index in [-0.39, 0.29) is 17.5 Å². The average molecular weight is 353 g/mol. The molecule has 6 nitrogen and oxygen atoms in total. The van der Waals surface area contributed by atoms with Crippen LogP contribution < -0.4 is 10.1 Å². The van der Waals surface area contributed by atoms with Crippen molar-refractivity contribution < 1.29 is 14.3 Å². The smallest absolute Gasteiger partial charge is 0.274 e. The zero-order chi connectivity index (χ0) is 18.4. The van der Waals surface area contributed by atoms with Gasteiger partial charge in [0.1, 0.15) is 11.4 Å². The number of methoxy groups -OCH3 is 1. The molecule has 1 aliphatic heterocycles. The second kappa shape index (κ2) is 8.47. The van der Waals surface area contributed by atoms with E-state index in [9.17, 15) is 9.59 Å². The number of likely N-dealkylation sites (tertiary alicyclic amines) is 1. The van der Waals surface area contributed by atoms with Crippen LogP contribution in [0, 0.1) is 0 Å². The van der Waals surface area contributed by atoms with Crippen LogP contribution in [0.15, 0.2) is 42.6 Å². The minimum absolute atomic E-state index is 0.0344. The molecule has 1 aromatic heterocycles. The third-order valence-corrected chi connectivity index (χ3v) is 4.48. The summed E-state index contributed by atoms with van der Waals surface area (Å²) in [6, 6.07) is 10.3. The van der Waals surface area contributed by atoms with Gasteiger partial charge < -0.3 is 15.0 Å². The first-order valence-electron chi connectivity index (χ1n) is 8.88. The first kappa shape index (κ1) is 17.9. The summed E-state index contributed by atoms with van der Waals surface area (Å²) < 4.78 is 5.10. The molecule has 0 unspecified atom stereocenters. The molecule has 6 heteroatoms. The van der Waals surface area contributed by atoms with E-state index in [2.05, 4.69) is 10.3 Å². The lowest BCUT2D eigenvalue weighted by Gasteiger charge is -2.20. The monoisotopic (exact) mass is 353 g/mol. The van der Waals surface area contributed by atoms with Crippen molar-refractivity contribution in [3.8, 4) is 5.75 Å². The van der Waals surface area contributed by atoms with Crippen molar-refractivity contribution >= 4 is 17.5 Å². The highest BCUT2D eigenvalue weighted by Gasteiger charge is 2.19. The van der Waals surface area contributed by atoms with Gasteiger partial charge in [-0.1, -0.05) is 12.8 Å². The third kappa shape index (κ3) is 4.39. The average Bonchev–Trinajstić information content (AvgIpc) is 2.97. The number of carbonyl (C=O) groups excluding carboxylic acids is 2. The van der Waals surface area contributed by atoms with E-state index in [0.29, 0.717) is 17.0 Å². The summed E-state index contributed by atoms with van der Waals surface area (Å²) in [7, 11) is 1.59. The van der Waals surface area contributed by atoms with Gasteiger partial charge in [-0.3, -0.25) is 14.6 Å². The fourth-order valence-corrected chi connectivity index (χ4v) is 3.01. The first-order chi connectivity index (χ1) is 12.7. The lowest BCUT2D eigenvalue weighted by Crippen LogP contribution is -2.32. The molecule has 0 saturated carbocycles. The number of hydrogen-bond acceptors (Lipinski definition) is 4. The Balaban J connectivity index is 1.71. The number of benzene rings is 1. The van der Waals surface area contributed by atoms with Gasteiger partial charge in [0.2, 0.25) is 0 Å². The topological polar surface area (TPSA) is 71.5 Å². The number of hydrogen-bond donors (Lipinski definition) is 1. The van der Waals surface area contributed by atoms with Gasteiger partial charge in [-0.05, 0) is 49.2 Å². The number of rotatable bonds is 4. The summed E-state index contributed by atoms with van der Waals surface area (Å²) in [5.41, 5.74) is 1.37. The Morgan fingerprint density at radius 3 is 2.38 bits per heavy atom. The summed E-state index contributed by atoms with van der Waals surface area (Å²) in [5.74, 6) is 0.333. The van der Waals surface area contributed by atoms with Gasteiger partial charge >= 0.3 is 0 Å². The van der Waals surface area contributed by atoms with Crippen LogP contribution in [0.3, 0.4) is 0 Å². The number of amides is 2. The van der Waals surface area contributed by atoms with Crippen LogP contribution in [0.2, 0.25) is 0 Å². The SMILES string of the molecule is COc1ccc(NC(=O)c2cc(C(=O)N3CCCCCC3)ccn2)cc1. The van der Waals surface area contributed by atoms with E-state index in [4.69, 9.17) is 4.74 Å². The Morgan fingerprint density at radius 1 is 1.04 bits per heavy atom. The number of aromatic nitrogens is 1. The number of ether oxygens (including phenoxy) is 1. The predicted octanol–water partition coefficient (Wildman–Crippen LogP) is 3.36. The highest BCUT2D eigenvalue weighted by molar-refractivity contribution is 6.04. The van der Waals surface area contributed by atoms with Gasteiger partial charge in [0.15, 0.2) is 0 Å². The lowest BCUT2D eigenvalue weighted by atomic mass is 10.2. The summed E-state index contributed by atoms with van der Waals surface area (Å²) in [5, 5.41) is 2.78. The van der Waals surface area contributed by atoms with Crippen LogP contribution >= 0.6 is 0 Å². The molecule has 2 aromatic rings. The second-order valence-corrected chi connectivity index (χ2v) is 6.32. The van der Waals surface area contributed by atoms with Crippen LogP contribution in [-0.4, -0.2) is 41.9 Å². The minimum atomic E-state index is -0.347. The molecular weight excluding hydrogens is 330 g/mol. The van der Waals surface area contributed by atoms with E-state index >= 15 is 0 Å². The maximum absolute atomic E-state index is 12.7.